The van der Waals surface area contributed by atoms with Crippen LogP contribution in [0, 0.1) is 19.8 Å². The van der Waals surface area contributed by atoms with E-state index in [4.69, 9.17) is 4.74 Å². The summed E-state index contributed by atoms with van der Waals surface area (Å²) >= 11 is 0. The van der Waals surface area contributed by atoms with Crippen molar-refractivity contribution in [2.24, 2.45) is 5.92 Å². The molecule has 0 aliphatic heterocycles. The molecule has 0 atom stereocenters. The summed E-state index contributed by atoms with van der Waals surface area (Å²) in [7, 11) is 1.70. The van der Waals surface area contributed by atoms with Crippen LogP contribution in [-0.2, 0) is 11.2 Å². The fraction of sp³-hybridized carbons (Fsp3) is 0.533. The Balaban J connectivity index is 2.09. The number of carbonyl (C=O) groups is 1. The number of carbonyl (C=O) groups excluding carboxylic acids is 1. The first kappa shape index (κ1) is 12.2. The Morgan fingerprint density at radius 3 is 2.65 bits per heavy atom. The molecule has 2 heteroatoms. The van der Waals surface area contributed by atoms with Crippen molar-refractivity contribution in [1.29, 1.82) is 0 Å². The van der Waals surface area contributed by atoms with Crippen LogP contribution in [0.2, 0.25) is 0 Å². The minimum Gasteiger partial charge on any atom is -0.496 e. The predicted octanol–water partition coefficient (Wildman–Crippen LogP) is 3.22. The van der Waals surface area contributed by atoms with Crippen LogP contribution < -0.4 is 4.74 Å². The highest BCUT2D eigenvalue weighted by Gasteiger charge is 2.28. The van der Waals surface area contributed by atoms with Crippen molar-refractivity contribution in [3.63, 3.8) is 0 Å². The maximum Gasteiger partial charge on any atom is 0.136 e. The molecule has 0 heterocycles. The third kappa shape index (κ3) is 2.68. The molecule has 1 aromatic rings. The number of hydrogen-bond donors (Lipinski definition) is 0. The van der Waals surface area contributed by atoms with Crippen molar-refractivity contribution < 1.29 is 9.53 Å². The number of benzene rings is 1. The quantitative estimate of drug-likeness (QED) is 0.779. The molecule has 1 fully saturated rings. The minimum atomic E-state index is 0.368. The van der Waals surface area contributed by atoms with Crippen molar-refractivity contribution in [2.75, 3.05) is 7.11 Å². The van der Waals surface area contributed by atoms with E-state index in [-0.39, 0.29) is 0 Å². The van der Waals surface area contributed by atoms with E-state index >= 15 is 0 Å². The molecule has 1 aromatic carbocycles. The molecule has 1 aliphatic carbocycles. The highest BCUT2D eigenvalue weighted by atomic mass is 16.5. The van der Waals surface area contributed by atoms with Gasteiger partial charge in [0.2, 0.25) is 0 Å². The summed E-state index contributed by atoms with van der Waals surface area (Å²) in [4.78, 5) is 11.7. The van der Waals surface area contributed by atoms with E-state index in [1.807, 2.05) is 0 Å². The lowest BCUT2D eigenvalue weighted by molar-refractivity contribution is -0.120. The number of aryl methyl sites for hydroxylation is 2. The van der Waals surface area contributed by atoms with E-state index in [9.17, 15) is 4.79 Å². The largest absolute Gasteiger partial charge is 0.496 e. The number of Topliss-reactive ketones (excluding diaryl/α,β-unsaturated/α-hetero) is 1. The minimum absolute atomic E-state index is 0.368. The van der Waals surface area contributed by atoms with Crippen LogP contribution in [0.4, 0.5) is 0 Å². The molecule has 0 bridgehead atoms. The maximum atomic E-state index is 11.7. The van der Waals surface area contributed by atoms with Gasteiger partial charge in [-0.2, -0.15) is 0 Å². The van der Waals surface area contributed by atoms with Crippen LogP contribution in [0.3, 0.4) is 0 Å². The molecule has 0 saturated heterocycles. The van der Waals surface area contributed by atoms with E-state index in [0.717, 1.165) is 30.6 Å². The molecular weight excluding hydrogens is 212 g/mol. The molecule has 1 aliphatic rings. The van der Waals surface area contributed by atoms with Gasteiger partial charge in [-0.25, -0.2) is 0 Å². The summed E-state index contributed by atoms with van der Waals surface area (Å²) < 4.78 is 5.45. The lowest BCUT2D eigenvalue weighted by Crippen LogP contribution is -2.04. The van der Waals surface area contributed by atoms with Gasteiger partial charge in [0, 0.05) is 12.3 Å². The molecule has 0 amide bonds. The first-order valence-corrected chi connectivity index (χ1v) is 6.29. The highest BCUT2D eigenvalue weighted by molar-refractivity contribution is 5.83. The third-order valence-electron chi connectivity index (χ3n) is 3.64. The topological polar surface area (TPSA) is 26.3 Å². The third-order valence-corrected chi connectivity index (χ3v) is 3.64. The molecule has 0 unspecified atom stereocenters. The summed E-state index contributed by atoms with van der Waals surface area (Å²) in [5, 5.41) is 0. The predicted molar refractivity (Wildman–Crippen MR) is 68.5 cm³/mol. The van der Waals surface area contributed by atoms with Crippen LogP contribution in [0.1, 0.15) is 36.0 Å². The number of rotatable bonds is 5. The first-order chi connectivity index (χ1) is 8.13. The lowest BCUT2D eigenvalue weighted by atomic mass is 9.99. The maximum absolute atomic E-state index is 11.7. The number of methoxy groups -OCH3 is 1. The van der Waals surface area contributed by atoms with Gasteiger partial charge in [0.05, 0.1) is 7.11 Å². The van der Waals surface area contributed by atoms with Crippen LogP contribution in [0.5, 0.6) is 5.75 Å². The van der Waals surface area contributed by atoms with Gasteiger partial charge < -0.3 is 4.74 Å². The molecule has 2 nitrogen and oxygen atoms in total. The average Bonchev–Trinajstić information content (AvgIpc) is 3.14. The summed E-state index contributed by atoms with van der Waals surface area (Å²) in [6.45, 7) is 4.15. The standard InChI is InChI=1S/C15H20O2/c1-10-4-5-13(15(17-3)11(10)2)8-9-14(16)12-6-7-12/h4-5,12H,6-9H2,1-3H3. The molecule has 0 N–H and O–H groups in total. The smallest absolute Gasteiger partial charge is 0.136 e. The van der Waals surface area contributed by atoms with Gasteiger partial charge in [-0.15, -0.1) is 0 Å². The fourth-order valence-corrected chi connectivity index (χ4v) is 2.19. The second kappa shape index (κ2) is 4.91. The van der Waals surface area contributed by atoms with E-state index < -0.39 is 0 Å². The SMILES string of the molecule is COc1c(CCC(=O)C2CC2)ccc(C)c1C. The van der Waals surface area contributed by atoms with E-state index in [0.29, 0.717) is 18.1 Å². The van der Waals surface area contributed by atoms with Crippen LogP contribution in [-0.4, -0.2) is 12.9 Å². The molecule has 92 valence electrons. The van der Waals surface area contributed by atoms with Gasteiger partial charge in [0.25, 0.3) is 0 Å². The van der Waals surface area contributed by atoms with Crippen molar-refractivity contribution in [2.45, 2.75) is 39.5 Å². The van der Waals surface area contributed by atoms with Crippen molar-refractivity contribution in [3.8, 4) is 5.75 Å². The Hall–Kier alpha value is -1.31. The Kier molecular flexibility index (Phi) is 3.51. The molecular formula is C15H20O2. The normalized spacial score (nSPS) is 14.8. The number of hydrogen-bond acceptors (Lipinski definition) is 2. The first-order valence-electron chi connectivity index (χ1n) is 6.29. The van der Waals surface area contributed by atoms with Crippen molar-refractivity contribution >= 4 is 5.78 Å². The number of ether oxygens (including phenoxy) is 1. The zero-order valence-corrected chi connectivity index (χ0v) is 10.9. The van der Waals surface area contributed by atoms with E-state index in [1.54, 1.807) is 7.11 Å². The van der Waals surface area contributed by atoms with Crippen LogP contribution in [0.25, 0.3) is 0 Å². The second-order valence-electron chi connectivity index (χ2n) is 4.94. The van der Waals surface area contributed by atoms with Gasteiger partial charge in [0.15, 0.2) is 0 Å². The number of ketones is 1. The van der Waals surface area contributed by atoms with E-state index in [1.165, 1.54) is 11.1 Å². The lowest BCUT2D eigenvalue weighted by Gasteiger charge is -2.13. The summed E-state index contributed by atoms with van der Waals surface area (Å²) in [6, 6.07) is 4.19. The zero-order chi connectivity index (χ0) is 12.4. The highest BCUT2D eigenvalue weighted by Crippen LogP contribution is 2.32. The van der Waals surface area contributed by atoms with Gasteiger partial charge >= 0.3 is 0 Å². The van der Waals surface area contributed by atoms with Crippen LogP contribution in [0.15, 0.2) is 12.1 Å². The Labute approximate surface area is 103 Å². The molecule has 2 rings (SSSR count). The van der Waals surface area contributed by atoms with Gasteiger partial charge in [0.1, 0.15) is 11.5 Å². The van der Waals surface area contributed by atoms with Crippen molar-refractivity contribution in [3.05, 3.63) is 28.8 Å². The van der Waals surface area contributed by atoms with Gasteiger partial charge in [-0.05, 0) is 49.8 Å². The second-order valence-corrected chi connectivity index (χ2v) is 4.94. The van der Waals surface area contributed by atoms with Crippen molar-refractivity contribution in [1.82, 2.24) is 0 Å². The van der Waals surface area contributed by atoms with Gasteiger partial charge in [-0.3, -0.25) is 4.79 Å². The molecule has 0 radical (unpaired) electrons. The van der Waals surface area contributed by atoms with Crippen LogP contribution >= 0.6 is 0 Å². The molecule has 0 aromatic heterocycles. The average molecular weight is 232 g/mol. The van der Waals surface area contributed by atoms with E-state index in [2.05, 4.69) is 26.0 Å². The monoisotopic (exact) mass is 232 g/mol. The molecule has 1 saturated carbocycles. The fourth-order valence-electron chi connectivity index (χ4n) is 2.19. The Morgan fingerprint density at radius 2 is 2.06 bits per heavy atom. The zero-order valence-electron chi connectivity index (χ0n) is 10.9. The van der Waals surface area contributed by atoms with Gasteiger partial charge in [-0.1, -0.05) is 12.1 Å². The summed E-state index contributed by atoms with van der Waals surface area (Å²) in [5.41, 5.74) is 3.58. The summed E-state index contributed by atoms with van der Waals surface area (Å²) in [5.74, 6) is 1.74. The Bertz CT molecular complexity index is 431. The summed E-state index contributed by atoms with van der Waals surface area (Å²) in [6.07, 6.45) is 3.66. The Morgan fingerprint density at radius 1 is 1.35 bits per heavy atom. The molecule has 17 heavy (non-hydrogen) atoms. The molecule has 0 spiro atoms.